The fourth-order valence-electron chi connectivity index (χ4n) is 4.68. The minimum atomic E-state index is -3.66. The summed E-state index contributed by atoms with van der Waals surface area (Å²) < 4.78 is 33.9. The van der Waals surface area contributed by atoms with Gasteiger partial charge < -0.3 is 4.74 Å². The van der Waals surface area contributed by atoms with E-state index < -0.39 is 16.1 Å². The van der Waals surface area contributed by atoms with E-state index in [9.17, 15) is 13.2 Å². The topological polar surface area (TPSA) is 66.9 Å². The molecule has 2 aliphatic heterocycles. The second kappa shape index (κ2) is 8.06. The Kier molecular flexibility index (Phi) is 5.35. The largest absolute Gasteiger partial charge is 0.444 e. The fourth-order valence-corrected chi connectivity index (χ4v) is 6.55. The summed E-state index contributed by atoms with van der Waals surface area (Å²) in [5.74, 6) is 0. The second-order valence-corrected chi connectivity index (χ2v) is 10.6. The van der Waals surface area contributed by atoms with Gasteiger partial charge in [-0.25, -0.2) is 13.2 Å². The molecule has 0 N–H and O–H groups in total. The highest BCUT2D eigenvalue weighted by Crippen LogP contribution is 2.35. The van der Waals surface area contributed by atoms with Crippen molar-refractivity contribution < 1.29 is 17.9 Å². The summed E-state index contributed by atoms with van der Waals surface area (Å²) in [5.41, 5.74) is 2.69. The number of carbonyl (C=O) groups is 1. The smallest absolute Gasteiger partial charge is 0.414 e. The molecule has 0 aromatic heterocycles. The van der Waals surface area contributed by atoms with E-state index in [0.717, 1.165) is 27.6 Å². The zero-order valence-corrected chi connectivity index (χ0v) is 19.2. The SMILES string of the molecule is Cc1ccc(S(=O)(=O)N2CCC(N3C(=O)OCc4cc(Cl)ccc43)CC2)c2ccccc12. The third-order valence-corrected chi connectivity index (χ3v) is 8.55. The molecule has 6 nitrogen and oxygen atoms in total. The van der Waals surface area contributed by atoms with E-state index >= 15 is 0 Å². The number of anilines is 1. The number of hydrogen-bond acceptors (Lipinski definition) is 4. The molecule has 1 amide bonds. The Morgan fingerprint density at radius 2 is 1.72 bits per heavy atom. The number of ether oxygens (including phenoxy) is 1. The number of carbonyl (C=O) groups excluding carboxylic acids is 1. The lowest BCUT2D eigenvalue weighted by Gasteiger charge is -2.39. The molecule has 3 aromatic carbocycles. The molecule has 3 aromatic rings. The van der Waals surface area contributed by atoms with Crippen LogP contribution >= 0.6 is 11.6 Å². The summed E-state index contributed by atoms with van der Waals surface area (Å²) in [5, 5.41) is 2.27. The predicted molar refractivity (Wildman–Crippen MR) is 125 cm³/mol. The molecule has 1 saturated heterocycles. The molecule has 0 bridgehead atoms. The first-order chi connectivity index (χ1) is 15.4. The second-order valence-electron chi connectivity index (χ2n) is 8.26. The van der Waals surface area contributed by atoms with Gasteiger partial charge in [0.05, 0.1) is 10.6 Å². The number of halogens is 1. The maximum Gasteiger partial charge on any atom is 0.414 e. The maximum atomic E-state index is 13.5. The van der Waals surface area contributed by atoms with Crippen molar-refractivity contribution in [2.75, 3.05) is 18.0 Å². The van der Waals surface area contributed by atoms with Crippen LogP contribution in [0.5, 0.6) is 0 Å². The Morgan fingerprint density at radius 3 is 2.47 bits per heavy atom. The van der Waals surface area contributed by atoms with Gasteiger partial charge in [-0.1, -0.05) is 41.9 Å². The molecule has 5 rings (SSSR count). The van der Waals surface area contributed by atoms with Gasteiger partial charge in [-0.2, -0.15) is 4.31 Å². The van der Waals surface area contributed by atoms with Gasteiger partial charge in [0.1, 0.15) is 6.61 Å². The molecule has 0 atom stereocenters. The maximum absolute atomic E-state index is 13.5. The molecule has 0 unspecified atom stereocenters. The number of rotatable bonds is 3. The number of hydrogen-bond donors (Lipinski definition) is 0. The Labute approximate surface area is 192 Å². The lowest BCUT2D eigenvalue weighted by molar-refractivity contribution is 0.136. The van der Waals surface area contributed by atoms with Crippen LogP contribution in [0.4, 0.5) is 10.5 Å². The molecule has 2 aliphatic rings. The van der Waals surface area contributed by atoms with Crippen LogP contribution in [0.1, 0.15) is 24.0 Å². The first-order valence-electron chi connectivity index (χ1n) is 10.6. The van der Waals surface area contributed by atoms with Crippen LogP contribution in [0.3, 0.4) is 0 Å². The van der Waals surface area contributed by atoms with E-state index in [4.69, 9.17) is 16.3 Å². The number of aryl methyl sites for hydroxylation is 1. The van der Waals surface area contributed by atoms with Crippen molar-refractivity contribution in [2.45, 2.75) is 37.3 Å². The Balaban J connectivity index is 1.40. The Morgan fingerprint density at radius 1 is 1.00 bits per heavy atom. The summed E-state index contributed by atoms with van der Waals surface area (Å²) in [6, 6.07) is 16.4. The van der Waals surface area contributed by atoms with E-state index in [1.54, 1.807) is 23.1 Å². The van der Waals surface area contributed by atoms with E-state index in [1.165, 1.54) is 4.31 Å². The molecule has 0 saturated carbocycles. The molecule has 166 valence electrons. The lowest BCUT2D eigenvalue weighted by atomic mass is 10.0. The van der Waals surface area contributed by atoms with Crippen molar-refractivity contribution >= 4 is 44.2 Å². The monoisotopic (exact) mass is 470 g/mol. The first kappa shape index (κ1) is 21.2. The van der Waals surface area contributed by atoms with Gasteiger partial charge in [0.2, 0.25) is 10.0 Å². The van der Waals surface area contributed by atoms with E-state index in [1.807, 2.05) is 43.3 Å². The highest BCUT2D eigenvalue weighted by molar-refractivity contribution is 7.89. The summed E-state index contributed by atoms with van der Waals surface area (Å²) >= 11 is 6.09. The van der Waals surface area contributed by atoms with Gasteiger partial charge in [0.15, 0.2) is 0 Å². The standard InChI is InChI=1S/C24H23ClN2O4S/c1-16-6-9-23(21-5-3-2-4-20(16)21)32(29,30)26-12-10-19(11-13-26)27-22-8-7-18(25)14-17(22)15-31-24(27)28/h2-9,14,19H,10-13,15H2,1H3. The van der Waals surface area contributed by atoms with Crippen LogP contribution in [0, 0.1) is 6.92 Å². The molecular formula is C24H23ClN2O4S. The molecule has 8 heteroatoms. The van der Waals surface area contributed by atoms with Crippen molar-refractivity contribution in [2.24, 2.45) is 0 Å². The van der Waals surface area contributed by atoms with Crippen LogP contribution in [0.25, 0.3) is 10.8 Å². The average Bonchev–Trinajstić information content (AvgIpc) is 2.79. The Hall–Kier alpha value is -2.61. The lowest BCUT2D eigenvalue weighted by Crippen LogP contribution is -2.50. The van der Waals surface area contributed by atoms with E-state index in [0.29, 0.717) is 35.8 Å². The van der Waals surface area contributed by atoms with Gasteiger partial charge in [0, 0.05) is 35.1 Å². The molecule has 2 heterocycles. The van der Waals surface area contributed by atoms with Crippen molar-refractivity contribution in [1.82, 2.24) is 4.31 Å². The number of nitrogens with zero attached hydrogens (tertiary/aromatic N) is 2. The molecule has 0 spiro atoms. The highest BCUT2D eigenvalue weighted by atomic mass is 35.5. The normalized spacial score (nSPS) is 17.9. The zero-order chi connectivity index (χ0) is 22.5. The average molecular weight is 471 g/mol. The number of sulfonamides is 1. The number of cyclic esters (lactones) is 1. The summed E-state index contributed by atoms with van der Waals surface area (Å²) in [7, 11) is -3.66. The minimum absolute atomic E-state index is 0.135. The van der Waals surface area contributed by atoms with Crippen molar-refractivity contribution in [1.29, 1.82) is 0 Å². The fraction of sp³-hybridized carbons (Fsp3) is 0.292. The number of fused-ring (bicyclic) bond motifs is 2. The number of amides is 1. The highest BCUT2D eigenvalue weighted by Gasteiger charge is 2.37. The van der Waals surface area contributed by atoms with Crippen molar-refractivity contribution in [3.05, 3.63) is 70.7 Å². The number of piperidine rings is 1. The van der Waals surface area contributed by atoms with Crippen molar-refractivity contribution in [3.8, 4) is 0 Å². The van der Waals surface area contributed by atoms with Crippen molar-refractivity contribution in [3.63, 3.8) is 0 Å². The summed E-state index contributed by atoms with van der Waals surface area (Å²) in [6.07, 6.45) is 0.658. The van der Waals surface area contributed by atoms with Gasteiger partial charge in [-0.3, -0.25) is 4.90 Å². The van der Waals surface area contributed by atoms with Gasteiger partial charge in [0.25, 0.3) is 0 Å². The first-order valence-corrected chi connectivity index (χ1v) is 12.4. The third-order valence-electron chi connectivity index (χ3n) is 6.36. The van der Waals surface area contributed by atoms with Crippen LogP contribution in [-0.4, -0.2) is 37.9 Å². The molecule has 0 radical (unpaired) electrons. The van der Waals surface area contributed by atoms with Crippen LogP contribution < -0.4 is 4.90 Å². The molecule has 32 heavy (non-hydrogen) atoms. The minimum Gasteiger partial charge on any atom is -0.444 e. The summed E-state index contributed by atoms with van der Waals surface area (Å²) in [4.78, 5) is 14.5. The zero-order valence-electron chi connectivity index (χ0n) is 17.6. The van der Waals surface area contributed by atoms with Gasteiger partial charge in [-0.05, 0) is 55.0 Å². The van der Waals surface area contributed by atoms with Gasteiger partial charge in [-0.15, -0.1) is 0 Å². The quantitative estimate of drug-likeness (QED) is 0.533. The van der Waals surface area contributed by atoms with Crippen LogP contribution in [0.15, 0.2) is 59.5 Å². The van der Waals surface area contributed by atoms with Crippen LogP contribution in [0.2, 0.25) is 5.02 Å². The van der Waals surface area contributed by atoms with Gasteiger partial charge >= 0.3 is 6.09 Å². The predicted octanol–water partition coefficient (Wildman–Crippen LogP) is 5.11. The van der Waals surface area contributed by atoms with E-state index in [-0.39, 0.29) is 12.6 Å². The van der Waals surface area contributed by atoms with Crippen LogP contribution in [-0.2, 0) is 21.4 Å². The Bertz CT molecular complexity index is 1320. The van der Waals surface area contributed by atoms with E-state index in [2.05, 4.69) is 0 Å². The third kappa shape index (κ3) is 3.54. The molecule has 0 aliphatic carbocycles. The molecular weight excluding hydrogens is 448 g/mol. The molecule has 1 fully saturated rings. The number of benzene rings is 3. The summed E-state index contributed by atoms with van der Waals surface area (Å²) in [6.45, 7) is 2.84.